The van der Waals surface area contributed by atoms with E-state index in [1.54, 1.807) is 0 Å². The number of nitrogens with one attached hydrogen (secondary N) is 2. The van der Waals surface area contributed by atoms with E-state index in [0.29, 0.717) is 32.6 Å². The van der Waals surface area contributed by atoms with E-state index in [1.807, 2.05) is 75.4 Å². The number of rotatable bonds is 16. The third-order valence-corrected chi connectivity index (χ3v) is 10.5. The van der Waals surface area contributed by atoms with Crippen LogP contribution in [0, 0.1) is 5.92 Å². The van der Waals surface area contributed by atoms with E-state index in [4.69, 9.17) is 10.5 Å². The summed E-state index contributed by atoms with van der Waals surface area (Å²) in [6.07, 6.45) is 0.701. The third-order valence-electron chi connectivity index (χ3n) is 7.10. The number of carbonyl (C=O) groups is 2. The van der Waals surface area contributed by atoms with Crippen molar-refractivity contribution in [2.24, 2.45) is 11.7 Å². The van der Waals surface area contributed by atoms with E-state index < -0.39 is 15.4 Å². The molecule has 1 atom stereocenters. The molecular weight excluding hydrogens is 635 g/mol. The molecule has 12 nitrogen and oxygen atoms in total. The average molecular weight is 672 g/mol. The Morgan fingerprint density at radius 3 is 1.80 bits per heavy atom. The Bertz CT molecular complexity index is 1670. The second-order valence-electron chi connectivity index (χ2n) is 11.1. The van der Waals surface area contributed by atoms with E-state index in [9.17, 15) is 18.0 Å². The molecule has 2 amide bonds. The van der Waals surface area contributed by atoms with Gasteiger partial charge in [-0.3, -0.25) is 9.59 Å². The molecule has 45 heavy (non-hydrogen) atoms. The monoisotopic (exact) mass is 671 g/mol. The number of sulfone groups is 1. The number of carbonyl (C=O) groups excluding carboxylic acids is 2. The van der Waals surface area contributed by atoms with Crippen molar-refractivity contribution in [3.63, 3.8) is 0 Å². The molecule has 4 N–H and O–H groups in total. The highest BCUT2D eigenvalue weighted by Crippen LogP contribution is 2.25. The first-order chi connectivity index (χ1) is 21.4. The van der Waals surface area contributed by atoms with Gasteiger partial charge in [-0.05, 0) is 43.7 Å². The molecule has 0 fully saturated rings. The van der Waals surface area contributed by atoms with Crippen LogP contribution < -0.4 is 21.1 Å². The topological polar surface area (TPSA) is 179 Å². The lowest BCUT2D eigenvalue weighted by Gasteiger charge is -2.32. The van der Waals surface area contributed by atoms with Crippen LogP contribution in [0.25, 0.3) is 0 Å². The van der Waals surface area contributed by atoms with Crippen molar-refractivity contribution < 1.29 is 22.7 Å². The molecule has 4 rings (SSSR count). The lowest BCUT2D eigenvalue weighted by Crippen LogP contribution is -2.39. The van der Waals surface area contributed by atoms with Crippen LogP contribution in [0.2, 0.25) is 0 Å². The van der Waals surface area contributed by atoms with Gasteiger partial charge in [-0.1, -0.05) is 72.1 Å². The van der Waals surface area contributed by atoms with Gasteiger partial charge in [-0.25, -0.2) is 8.42 Å². The van der Waals surface area contributed by atoms with Crippen LogP contribution >= 0.6 is 22.7 Å². The zero-order valence-electron chi connectivity index (χ0n) is 25.4. The van der Waals surface area contributed by atoms with Crippen molar-refractivity contribution in [1.82, 2.24) is 20.4 Å². The molecule has 2 heterocycles. The minimum atomic E-state index is -3.42. The summed E-state index contributed by atoms with van der Waals surface area (Å²) in [5, 5.41) is 23.1. The van der Waals surface area contributed by atoms with Gasteiger partial charge < -0.3 is 21.1 Å². The number of aromatic nitrogens is 4. The fourth-order valence-electron chi connectivity index (χ4n) is 4.06. The maximum atomic E-state index is 12.7. The molecule has 0 spiro atoms. The van der Waals surface area contributed by atoms with Crippen LogP contribution in [-0.2, 0) is 45.1 Å². The van der Waals surface area contributed by atoms with Crippen LogP contribution in [0.4, 0.5) is 10.3 Å². The summed E-state index contributed by atoms with van der Waals surface area (Å²) in [4.78, 5) is 24.8. The molecule has 15 heteroatoms. The lowest BCUT2D eigenvalue weighted by atomic mass is 9.92. The molecule has 0 aliphatic rings. The fourth-order valence-corrected chi connectivity index (χ4v) is 7.04. The molecule has 0 radical (unpaired) electrons. The highest BCUT2D eigenvalue weighted by atomic mass is 32.2. The van der Waals surface area contributed by atoms with Crippen molar-refractivity contribution in [3.8, 4) is 5.75 Å². The Labute approximate surface area is 270 Å². The first kappa shape index (κ1) is 34.1. The van der Waals surface area contributed by atoms with E-state index in [2.05, 4.69) is 31.0 Å². The summed E-state index contributed by atoms with van der Waals surface area (Å²) in [5.41, 5.74) is 7.04. The molecular formula is C30H37N7O5S3. The Hall–Kier alpha value is -3.79. The molecule has 240 valence electrons. The van der Waals surface area contributed by atoms with Crippen molar-refractivity contribution in [3.05, 3.63) is 75.7 Å². The maximum Gasteiger partial charge on any atom is 0.230 e. The molecule has 0 aliphatic heterocycles. The van der Waals surface area contributed by atoms with Crippen LogP contribution in [0.5, 0.6) is 5.75 Å². The smallest absolute Gasteiger partial charge is 0.230 e. The molecule has 1 unspecified atom stereocenters. The number of aryl methyl sites for hydroxylation is 2. The van der Waals surface area contributed by atoms with E-state index >= 15 is 0 Å². The Morgan fingerprint density at radius 1 is 0.822 bits per heavy atom. The van der Waals surface area contributed by atoms with Crippen molar-refractivity contribution in [2.45, 2.75) is 52.1 Å². The number of anilines is 2. The number of nitrogens with zero attached hydrogens (tertiary/aromatic N) is 4. The summed E-state index contributed by atoms with van der Waals surface area (Å²) in [6.45, 7) is 6.53. The number of ether oxygens (including phenoxy) is 1. The Kier molecular flexibility index (Phi) is 11.7. The minimum absolute atomic E-state index is 0.116. The predicted octanol–water partition coefficient (Wildman–Crippen LogP) is 3.70. The van der Waals surface area contributed by atoms with Crippen LogP contribution in [0.1, 0.15) is 41.9 Å². The van der Waals surface area contributed by atoms with E-state index in [1.165, 1.54) is 0 Å². The zero-order valence-corrected chi connectivity index (χ0v) is 27.8. The highest BCUT2D eigenvalue weighted by Gasteiger charge is 2.27. The number of benzene rings is 2. The first-order valence-electron chi connectivity index (χ1n) is 14.4. The highest BCUT2D eigenvalue weighted by molar-refractivity contribution is 7.91. The SMILES string of the molecule is CC(CN)C(C)(C)Oc1ccc(CC(=O)Nc2nnc(CCS(=O)(=O)CCc3nnc(NC(=O)Cc4ccccc4)s3)s2)cc1. The van der Waals surface area contributed by atoms with Gasteiger partial charge >= 0.3 is 0 Å². The van der Waals surface area contributed by atoms with Gasteiger partial charge in [0.15, 0.2) is 9.84 Å². The van der Waals surface area contributed by atoms with Crippen LogP contribution in [0.15, 0.2) is 54.6 Å². The second-order valence-corrected chi connectivity index (χ2v) is 15.5. The molecule has 0 aliphatic carbocycles. The number of nitrogens with two attached hydrogens (primary N) is 1. The van der Waals surface area contributed by atoms with Gasteiger partial charge in [0.05, 0.1) is 24.3 Å². The first-order valence-corrected chi connectivity index (χ1v) is 17.8. The molecule has 0 bridgehead atoms. The number of amides is 2. The summed E-state index contributed by atoms with van der Waals surface area (Å²) in [7, 11) is -3.42. The van der Waals surface area contributed by atoms with Crippen molar-refractivity contribution in [2.75, 3.05) is 28.7 Å². The summed E-state index contributed by atoms with van der Waals surface area (Å²) >= 11 is 2.29. The number of hydrogen-bond donors (Lipinski definition) is 3. The van der Waals surface area contributed by atoms with Gasteiger partial charge in [0.2, 0.25) is 22.1 Å². The average Bonchev–Trinajstić information content (AvgIpc) is 3.65. The van der Waals surface area contributed by atoms with Crippen LogP contribution in [-0.4, -0.2) is 64.3 Å². The van der Waals surface area contributed by atoms with Crippen molar-refractivity contribution in [1.29, 1.82) is 0 Å². The van der Waals surface area contributed by atoms with Gasteiger partial charge in [0.1, 0.15) is 21.4 Å². The summed E-state index contributed by atoms with van der Waals surface area (Å²) in [5.74, 6) is 0.149. The van der Waals surface area contributed by atoms with Crippen molar-refractivity contribution >= 4 is 54.6 Å². The normalized spacial score (nSPS) is 12.4. The molecule has 0 saturated carbocycles. The third kappa shape index (κ3) is 11.0. The number of hydrogen-bond acceptors (Lipinski definition) is 12. The van der Waals surface area contributed by atoms with Crippen LogP contribution in [0.3, 0.4) is 0 Å². The quantitative estimate of drug-likeness (QED) is 0.159. The van der Waals surface area contributed by atoms with Gasteiger partial charge in [0.25, 0.3) is 0 Å². The second kappa shape index (κ2) is 15.5. The molecule has 4 aromatic rings. The molecule has 2 aromatic carbocycles. The predicted molar refractivity (Wildman–Crippen MR) is 176 cm³/mol. The summed E-state index contributed by atoms with van der Waals surface area (Å²) < 4.78 is 31.4. The van der Waals surface area contributed by atoms with E-state index in [-0.39, 0.29) is 54.9 Å². The largest absolute Gasteiger partial charge is 0.488 e. The molecule has 2 aromatic heterocycles. The molecule has 0 saturated heterocycles. The Morgan fingerprint density at radius 2 is 1.31 bits per heavy atom. The minimum Gasteiger partial charge on any atom is -0.488 e. The Balaban J connectivity index is 1.18. The van der Waals surface area contributed by atoms with Gasteiger partial charge in [0, 0.05) is 18.8 Å². The lowest BCUT2D eigenvalue weighted by molar-refractivity contribution is -0.116. The summed E-state index contributed by atoms with van der Waals surface area (Å²) in [6, 6.07) is 16.6. The van der Waals surface area contributed by atoms with Gasteiger partial charge in [-0.2, -0.15) is 0 Å². The van der Waals surface area contributed by atoms with E-state index in [0.717, 1.165) is 33.8 Å². The fraction of sp³-hybridized carbons (Fsp3) is 0.400. The van der Waals surface area contributed by atoms with Gasteiger partial charge in [-0.15, -0.1) is 20.4 Å². The zero-order chi connectivity index (χ0) is 32.5. The standard InChI is InChI=1S/C30H37N7O5S3/c1-20(19-31)30(2,3)42-23-11-9-22(10-12-23)18-25(39)33-29-37-35-27(44-29)14-16-45(40,41)15-13-26-34-36-28(43-26)32-24(38)17-21-7-5-4-6-8-21/h4-12,20H,13-19,31H2,1-3H3,(H,32,36,38)(H,33,37,39). The maximum absolute atomic E-state index is 12.7.